The first-order chi connectivity index (χ1) is 14.7. The Hall–Kier alpha value is -1.72. The zero-order valence-corrected chi connectivity index (χ0v) is 20.1. The normalized spacial score (nSPS) is 10.9. The third kappa shape index (κ3) is 5.50. The third-order valence-electron chi connectivity index (χ3n) is 4.79. The topological polar surface area (TPSA) is 0 Å². The predicted octanol–water partition coefficient (Wildman–Crippen LogP) is 9.26. The summed E-state index contributed by atoms with van der Waals surface area (Å²) in [6.07, 6.45) is 4.21. The second-order valence-electron chi connectivity index (χ2n) is 6.67. The van der Waals surface area contributed by atoms with E-state index in [9.17, 15) is 0 Å². The van der Waals surface area contributed by atoms with Gasteiger partial charge in [0.05, 0.1) is 0 Å². The highest BCUT2D eigenvalue weighted by Crippen LogP contribution is 2.38. The van der Waals surface area contributed by atoms with Gasteiger partial charge in [-0.25, -0.2) is 0 Å². The molecule has 0 bridgehead atoms. The van der Waals surface area contributed by atoms with Gasteiger partial charge < -0.3 is 0 Å². The molecule has 0 aliphatic carbocycles. The molecule has 0 aromatic heterocycles. The second kappa shape index (κ2) is 10.5. The molecule has 0 heterocycles. The van der Waals surface area contributed by atoms with E-state index >= 15 is 0 Å². The van der Waals surface area contributed by atoms with Crippen molar-refractivity contribution in [2.45, 2.75) is 19.6 Å². The van der Waals surface area contributed by atoms with Crippen molar-refractivity contribution < 1.29 is 0 Å². The van der Waals surface area contributed by atoms with Gasteiger partial charge in [0.15, 0.2) is 0 Å². The fraction of sp³-hybridized carbons (Fsp3) is 0.0769. The summed E-state index contributed by atoms with van der Waals surface area (Å²) in [6, 6.07) is 35.1. The summed E-state index contributed by atoms with van der Waals surface area (Å²) >= 11 is 3.55. The molecule has 0 aliphatic rings. The van der Waals surface area contributed by atoms with E-state index in [2.05, 4.69) is 110 Å². The largest absolute Gasteiger partial charge is 0.130 e. The molecule has 0 saturated heterocycles. The minimum Gasteiger partial charge on any atom is -0.130 e. The zero-order chi connectivity index (χ0) is 20.8. The Kier molecular flexibility index (Phi) is 7.56. The van der Waals surface area contributed by atoms with Crippen LogP contribution in [0.4, 0.5) is 0 Å². The Bertz CT molecular complexity index is 977. The molecule has 0 spiro atoms. The molecule has 4 aromatic carbocycles. The number of thioether (sulfide) groups is 2. The molecular weight excluding hydrogens is 441 g/mol. The van der Waals surface area contributed by atoms with Crippen molar-refractivity contribution in [1.29, 1.82) is 0 Å². The summed E-state index contributed by atoms with van der Waals surface area (Å²) in [5, 5.41) is 0. The molecule has 0 N–H and O–H groups in total. The highest BCUT2D eigenvalue weighted by molar-refractivity contribution is 8.76. The van der Waals surface area contributed by atoms with E-state index < -0.39 is 0 Å². The van der Waals surface area contributed by atoms with Crippen molar-refractivity contribution in [3.05, 3.63) is 97.1 Å². The monoisotopic (exact) mass is 462 g/mol. The second-order valence-corrected chi connectivity index (χ2v) is 10.7. The molecule has 0 aliphatic heterocycles. The Morgan fingerprint density at radius 3 is 0.800 bits per heavy atom. The Balaban J connectivity index is 1.37. The molecule has 4 rings (SSSR count). The van der Waals surface area contributed by atoms with Gasteiger partial charge in [-0.2, -0.15) is 0 Å². The van der Waals surface area contributed by atoms with Crippen molar-refractivity contribution >= 4 is 45.1 Å². The van der Waals surface area contributed by atoms with E-state index in [1.807, 2.05) is 0 Å². The van der Waals surface area contributed by atoms with Crippen LogP contribution in [-0.4, -0.2) is 12.5 Å². The summed E-state index contributed by atoms with van der Waals surface area (Å²) in [4.78, 5) is 5.12. The van der Waals surface area contributed by atoms with Crippen LogP contribution in [0.25, 0.3) is 22.3 Å². The van der Waals surface area contributed by atoms with Crippen LogP contribution in [0.5, 0.6) is 0 Å². The summed E-state index contributed by atoms with van der Waals surface area (Å²) in [5.74, 6) is 0. The summed E-state index contributed by atoms with van der Waals surface area (Å²) < 4.78 is 0. The van der Waals surface area contributed by atoms with Gasteiger partial charge in [-0.05, 0) is 83.3 Å². The first-order valence-corrected chi connectivity index (χ1v) is 14.2. The van der Waals surface area contributed by atoms with Crippen molar-refractivity contribution in [2.75, 3.05) is 12.5 Å². The van der Waals surface area contributed by atoms with E-state index in [-0.39, 0.29) is 0 Å². The molecule has 0 amide bonds. The maximum atomic E-state index is 2.21. The maximum absolute atomic E-state index is 2.21. The molecule has 150 valence electrons. The molecule has 0 atom stereocenters. The fourth-order valence-corrected chi connectivity index (χ4v) is 5.82. The van der Waals surface area contributed by atoms with E-state index in [1.165, 1.54) is 41.8 Å². The SMILES string of the molecule is CSc1ccc(-c2ccc(SSc3ccc(-c4ccc(SC)cc4)cc3)cc2)cc1. The number of benzene rings is 4. The van der Waals surface area contributed by atoms with E-state index in [4.69, 9.17) is 0 Å². The molecular formula is C26H22S4. The molecule has 30 heavy (non-hydrogen) atoms. The molecule has 0 radical (unpaired) electrons. The van der Waals surface area contributed by atoms with Crippen LogP contribution in [0.15, 0.2) is 117 Å². The lowest BCUT2D eigenvalue weighted by Crippen LogP contribution is -1.79. The van der Waals surface area contributed by atoms with E-state index in [0.717, 1.165) is 0 Å². The quantitative estimate of drug-likeness (QED) is 0.198. The van der Waals surface area contributed by atoms with Gasteiger partial charge in [0.1, 0.15) is 0 Å². The van der Waals surface area contributed by atoms with Crippen LogP contribution in [-0.2, 0) is 0 Å². The van der Waals surface area contributed by atoms with Gasteiger partial charge >= 0.3 is 0 Å². The lowest BCUT2D eigenvalue weighted by atomic mass is 10.1. The molecule has 0 nitrogen and oxygen atoms in total. The van der Waals surface area contributed by atoms with Crippen LogP contribution >= 0.6 is 45.1 Å². The maximum Gasteiger partial charge on any atom is 0.0186 e. The van der Waals surface area contributed by atoms with Crippen LogP contribution in [0.1, 0.15) is 0 Å². The highest BCUT2D eigenvalue weighted by Gasteiger charge is 2.03. The van der Waals surface area contributed by atoms with Crippen molar-refractivity contribution in [3.8, 4) is 22.3 Å². The number of hydrogen-bond acceptors (Lipinski definition) is 4. The Morgan fingerprint density at radius 2 is 0.567 bits per heavy atom. The molecule has 4 heteroatoms. The molecule has 0 unspecified atom stereocenters. The number of hydrogen-bond donors (Lipinski definition) is 0. The summed E-state index contributed by atoms with van der Waals surface area (Å²) in [5.41, 5.74) is 5.04. The highest BCUT2D eigenvalue weighted by atomic mass is 33.1. The Morgan fingerprint density at radius 1 is 0.333 bits per heavy atom. The zero-order valence-electron chi connectivity index (χ0n) is 16.9. The lowest BCUT2D eigenvalue weighted by molar-refractivity contribution is 1.43. The van der Waals surface area contributed by atoms with Crippen molar-refractivity contribution in [3.63, 3.8) is 0 Å². The van der Waals surface area contributed by atoms with Crippen LogP contribution < -0.4 is 0 Å². The van der Waals surface area contributed by atoms with Gasteiger partial charge in [0.25, 0.3) is 0 Å². The predicted molar refractivity (Wildman–Crippen MR) is 139 cm³/mol. The third-order valence-corrected chi connectivity index (χ3v) is 8.69. The molecule has 0 fully saturated rings. The smallest absolute Gasteiger partial charge is 0.0186 e. The van der Waals surface area contributed by atoms with Crippen LogP contribution in [0.2, 0.25) is 0 Å². The van der Waals surface area contributed by atoms with Gasteiger partial charge in [0, 0.05) is 19.6 Å². The fourth-order valence-electron chi connectivity index (χ4n) is 3.07. The first-order valence-electron chi connectivity index (χ1n) is 9.59. The van der Waals surface area contributed by atoms with Gasteiger partial charge in [-0.1, -0.05) is 70.1 Å². The first kappa shape index (κ1) is 21.5. The van der Waals surface area contributed by atoms with Crippen LogP contribution in [0.3, 0.4) is 0 Å². The number of rotatable bonds is 7. The van der Waals surface area contributed by atoms with Gasteiger partial charge in [-0.3, -0.25) is 0 Å². The van der Waals surface area contributed by atoms with Gasteiger partial charge in [0.2, 0.25) is 0 Å². The summed E-state index contributed by atoms with van der Waals surface area (Å²) in [7, 11) is 3.60. The van der Waals surface area contributed by atoms with Crippen molar-refractivity contribution in [1.82, 2.24) is 0 Å². The minimum atomic E-state index is 1.26. The van der Waals surface area contributed by atoms with E-state index in [1.54, 1.807) is 45.1 Å². The summed E-state index contributed by atoms with van der Waals surface area (Å²) in [6.45, 7) is 0. The van der Waals surface area contributed by atoms with Crippen molar-refractivity contribution in [2.24, 2.45) is 0 Å². The van der Waals surface area contributed by atoms with Gasteiger partial charge in [-0.15, -0.1) is 23.5 Å². The lowest BCUT2D eigenvalue weighted by Gasteiger charge is -2.07. The Labute approximate surface area is 195 Å². The average molecular weight is 463 g/mol. The van der Waals surface area contributed by atoms with Crippen LogP contribution in [0, 0.1) is 0 Å². The molecule has 0 saturated carbocycles. The van der Waals surface area contributed by atoms with E-state index in [0.29, 0.717) is 0 Å². The molecule has 4 aromatic rings. The standard InChI is InChI=1S/C26H22S4/c1-27-23-11-3-19(4-12-23)21-7-15-25(16-8-21)29-30-26-17-9-22(10-18-26)20-5-13-24(28-2)14-6-20/h3-18H,1-2H3. The minimum absolute atomic E-state index is 1.26. The average Bonchev–Trinajstić information content (AvgIpc) is 2.83.